The van der Waals surface area contributed by atoms with Crippen molar-refractivity contribution in [2.75, 3.05) is 0 Å². The van der Waals surface area contributed by atoms with Gasteiger partial charge in [0, 0.05) is 13.5 Å². The minimum atomic E-state index is -2.51. The van der Waals surface area contributed by atoms with Crippen molar-refractivity contribution in [2.45, 2.75) is 18.9 Å². The van der Waals surface area contributed by atoms with Gasteiger partial charge in [-0.15, -0.1) is 0 Å². The second kappa shape index (κ2) is 4.77. The van der Waals surface area contributed by atoms with Gasteiger partial charge in [-0.1, -0.05) is 12.1 Å². The number of halogens is 2. The molecule has 6 heteroatoms. The van der Waals surface area contributed by atoms with Crippen LogP contribution in [0.25, 0.3) is 11.0 Å². The summed E-state index contributed by atoms with van der Waals surface area (Å²) in [5.74, 6) is 5.69. The second-order valence-corrected chi connectivity index (χ2v) is 3.89. The lowest BCUT2D eigenvalue weighted by atomic mass is 10.2. The third kappa shape index (κ3) is 2.27. The van der Waals surface area contributed by atoms with Gasteiger partial charge in [-0.2, -0.15) is 0 Å². The topological polar surface area (TPSA) is 55.9 Å². The van der Waals surface area contributed by atoms with Crippen LogP contribution in [-0.4, -0.2) is 22.0 Å². The van der Waals surface area contributed by atoms with Crippen LogP contribution in [0.2, 0.25) is 0 Å². The van der Waals surface area contributed by atoms with E-state index >= 15 is 0 Å². The van der Waals surface area contributed by atoms with Crippen LogP contribution in [0.4, 0.5) is 8.78 Å². The van der Waals surface area contributed by atoms with Gasteiger partial charge in [-0.05, 0) is 12.1 Å². The van der Waals surface area contributed by atoms with E-state index in [0.29, 0.717) is 5.82 Å². The molecule has 0 fully saturated rings. The molecule has 1 unspecified atom stereocenters. The molecule has 1 aromatic carbocycles. The average Bonchev–Trinajstić information content (AvgIpc) is 2.63. The van der Waals surface area contributed by atoms with Crippen LogP contribution in [0.3, 0.4) is 0 Å². The number of nitrogens with one attached hydrogen (secondary N) is 1. The van der Waals surface area contributed by atoms with Gasteiger partial charge in [-0.3, -0.25) is 11.3 Å². The number of benzene rings is 1. The summed E-state index contributed by atoms with van der Waals surface area (Å²) < 4.78 is 27.0. The van der Waals surface area contributed by atoms with Gasteiger partial charge >= 0.3 is 0 Å². The molecule has 1 heterocycles. The lowest BCUT2D eigenvalue weighted by Gasteiger charge is -2.14. The first-order chi connectivity index (χ1) is 8.13. The molecule has 0 aliphatic rings. The van der Waals surface area contributed by atoms with Gasteiger partial charge < -0.3 is 4.57 Å². The Kier molecular flexibility index (Phi) is 3.35. The maximum absolute atomic E-state index is 12.6. The molecule has 92 valence electrons. The monoisotopic (exact) mass is 240 g/mol. The summed E-state index contributed by atoms with van der Waals surface area (Å²) in [5, 5.41) is 0. The number of imidazole rings is 1. The van der Waals surface area contributed by atoms with E-state index in [1.165, 1.54) is 0 Å². The van der Waals surface area contributed by atoms with Gasteiger partial charge in [-0.25, -0.2) is 13.8 Å². The van der Waals surface area contributed by atoms with Crippen LogP contribution in [0.5, 0.6) is 0 Å². The van der Waals surface area contributed by atoms with Crippen molar-refractivity contribution in [2.24, 2.45) is 12.9 Å². The Morgan fingerprint density at radius 1 is 1.41 bits per heavy atom. The minimum absolute atomic E-state index is 0.0966. The predicted molar refractivity (Wildman–Crippen MR) is 61.5 cm³/mol. The molecule has 0 amide bonds. The first-order valence-corrected chi connectivity index (χ1v) is 5.28. The van der Waals surface area contributed by atoms with E-state index < -0.39 is 12.5 Å². The van der Waals surface area contributed by atoms with Gasteiger partial charge in [0.05, 0.1) is 17.1 Å². The van der Waals surface area contributed by atoms with E-state index in [-0.39, 0.29) is 6.42 Å². The number of nitrogens with zero attached hydrogens (tertiary/aromatic N) is 2. The standard InChI is InChI=1S/C11H14F2N4/c1-17-9-5-3-2-4-7(9)15-10(17)6-8(16-14)11(12)13/h2-5,8,11,16H,6,14H2,1H3. The molecule has 0 bridgehead atoms. The first-order valence-electron chi connectivity index (χ1n) is 5.28. The van der Waals surface area contributed by atoms with Crippen LogP contribution >= 0.6 is 0 Å². The number of hydrogen-bond donors (Lipinski definition) is 2. The Balaban J connectivity index is 2.33. The number of nitrogens with two attached hydrogens (primary N) is 1. The van der Waals surface area contributed by atoms with Crippen LogP contribution in [0.1, 0.15) is 5.82 Å². The highest BCUT2D eigenvalue weighted by molar-refractivity contribution is 5.75. The molecule has 1 atom stereocenters. The Morgan fingerprint density at radius 2 is 2.12 bits per heavy atom. The van der Waals surface area contributed by atoms with Crippen molar-refractivity contribution in [1.82, 2.24) is 15.0 Å². The summed E-state index contributed by atoms with van der Waals surface area (Å²) in [6, 6.07) is 6.43. The summed E-state index contributed by atoms with van der Waals surface area (Å²) in [6.45, 7) is 0. The van der Waals surface area contributed by atoms with E-state index in [1.54, 1.807) is 0 Å². The zero-order valence-electron chi connectivity index (χ0n) is 9.40. The van der Waals surface area contributed by atoms with E-state index in [0.717, 1.165) is 11.0 Å². The molecule has 4 nitrogen and oxygen atoms in total. The van der Waals surface area contributed by atoms with Crippen molar-refractivity contribution in [3.63, 3.8) is 0 Å². The van der Waals surface area contributed by atoms with Crippen LogP contribution in [-0.2, 0) is 13.5 Å². The number of fused-ring (bicyclic) bond motifs is 1. The Labute approximate surface area is 97.4 Å². The lowest BCUT2D eigenvalue weighted by Crippen LogP contribution is -2.42. The molecule has 2 rings (SSSR count). The zero-order valence-corrected chi connectivity index (χ0v) is 9.40. The number of hydrazine groups is 1. The number of alkyl halides is 2. The molecule has 0 spiro atoms. The van der Waals surface area contributed by atoms with Gasteiger partial charge in [0.15, 0.2) is 0 Å². The molecule has 0 saturated heterocycles. The number of aryl methyl sites for hydroxylation is 1. The molecule has 0 aliphatic heterocycles. The Hall–Kier alpha value is -1.53. The zero-order chi connectivity index (χ0) is 12.4. The predicted octanol–water partition coefficient (Wildman–Crippen LogP) is 1.21. The molecule has 0 radical (unpaired) electrons. The van der Waals surface area contributed by atoms with Crippen LogP contribution in [0, 0.1) is 0 Å². The fourth-order valence-corrected chi connectivity index (χ4v) is 1.80. The highest BCUT2D eigenvalue weighted by Gasteiger charge is 2.21. The molecule has 17 heavy (non-hydrogen) atoms. The number of aromatic nitrogens is 2. The fourth-order valence-electron chi connectivity index (χ4n) is 1.80. The number of hydrogen-bond acceptors (Lipinski definition) is 3. The van der Waals surface area contributed by atoms with E-state index in [9.17, 15) is 8.78 Å². The third-order valence-electron chi connectivity index (χ3n) is 2.80. The van der Waals surface area contributed by atoms with E-state index in [2.05, 4.69) is 10.4 Å². The van der Waals surface area contributed by atoms with Gasteiger partial charge in [0.2, 0.25) is 0 Å². The third-order valence-corrected chi connectivity index (χ3v) is 2.80. The molecule has 1 aromatic heterocycles. The van der Waals surface area contributed by atoms with Crippen molar-refractivity contribution in [3.8, 4) is 0 Å². The highest BCUT2D eigenvalue weighted by Crippen LogP contribution is 2.16. The normalized spacial score (nSPS) is 13.5. The highest BCUT2D eigenvalue weighted by atomic mass is 19.3. The minimum Gasteiger partial charge on any atom is -0.331 e. The number of para-hydroxylation sites is 2. The van der Waals surface area contributed by atoms with Gasteiger partial charge in [0.1, 0.15) is 5.82 Å². The number of rotatable bonds is 4. The quantitative estimate of drug-likeness (QED) is 0.624. The van der Waals surface area contributed by atoms with Crippen LogP contribution < -0.4 is 11.3 Å². The molecule has 0 aliphatic carbocycles. The molecular weight excluding hydrogens is 226 g/mol. The van der Waals surface area contributed by atoms with E-state index in [1.807, 2.05) is 35.9 Å². The molecular formula is C11H14F2N4. The van der Waals surface area contributed by atoms with Crippen molar-refractivity contribution >= 4 is 11.0 Å². The van der Waals surface area contributed by atoms with E-state index in [4.69, 9.17) is 5.84 Å². The molecule has 0 saturated carbocycles. The van der Waals surface area contributed by atoms with Crippen LogP contribution in [0.15, 0.2) is 24.3 Å². The second-order valence-electron chi connectivity index (χ2n) is 3.89. The summed E-state index contributed by atoms with van der Waals surface area (Å²) in [6.07, 6.45) is -2.42. The molecule has 3 N–H and O–H groups in total. The first kappa shape index (κ1) is 11.9. The smallest absolute Gasteiger partial charge is 0.255 e. The fraction of sp³-hybridized carbons (Fsp3) is 0.364. The Bertz CT molecular complexity index is 509. The molecule has 2 aromatic rings. The summed E-state index contributed by atoms with van der Waals surface area (Å²) in [7, 11) is 1.81. The summed E-state index contributed by atoms with van der Waals surface area (Å²) in [5.41, 5.74) is 3.84. The Morgan fingerprint density at radius 3 is 2.71 bits per heavy atom. The lowest BCUT2D eigenvalue weighted by molar-refractivity contribution is 0.0972. The largest absolute Gasteiger partial charge is 0.331 e. The maximum atomic E-state index is 12.6. The van der Waals surface area contributed by atoms with Crippen molar-refractivity contribution in [3.05, 3.63) is 30.1 Å². The van der Waals surface area contributed by atoms with Crippen molar-refractivity contribution in [1.29, 1.82) is 0 Å². The SMILES string of the molecule is Cn1c(CC(NN)C(F)F)nc2ccccc21. The van der Waals surface area contributed by atoms with Gasteiger partial charge in [0.25, 0.3) is 6.43 Å². The summed E-state index contributed by atoms with van der Waals surface area (Å²) in [4.78, 5) is 4.32. The maximum Gasteiger partial charge on any atom is 0.255 e. The average molecular weight is 240 g/mol. The summed E-state index contributed by atoms with van der Waals surface area (Å²) >= 11 is 0. The van der Waals surface area contributed by atoms with Crippen molar-refractivity contribution < 1.29 is 8.78 Å².